The first-order valence-electron chi connectivity index (χ1n) is 19.4. The molecule has 0 heterocycles. The number of anilines is 3. The maximum absolute atomic E-state index is 2.50. The van der Waals surface area contributed by atoms with Gasteiger partial charge in [-0.05, 0) is 91.0 Å². The van der Waals surface area contributed by atoms with E-state index in [1.54, 1.807) is 0 Å². The number of hydrogen-bond acceptors (Lipinski definition) is 1. The van der Waals surface area contributed by atoms with E-state index in [1.807, 2.05) is 0 Å². The van der Waals surface area contributed by atoms with Gasteiger partial charge in [0.15, 0.2) is 0 Å². The van der Waals surface area contributed by atoms with E-state index >= 15 is 0 Å². The molecule has 9 aromatic rings. The van der Waals surface area contributed by atoms with Crippen molar-refractivity contribution in [1.29, 1.82) is 0 Å². The van der Waals surface area contributed by atoms with Crippen molar-refractivity contribution >= 4 is 17.1 Å². The average Bonchev–Trinajstić information content (AvgIpc) is 3.51. The predicted molar refractivity (Wildman–Crippen MR) is 234 cm³/mol. The summed E-state index contributed by atoms with van der Waals surface area (Å²) in [4.78, 5) is 2.49. The van der Waals surface area contributed by atoms with E-state index in [9.17, 15) is 0 Å². The lowest BCUT2D eigenvalue weighted by Crippen LogP contribution is -2.29. The van der Waals surface area contributed by atoms with Gasteiger partial charge in [0.1, 0.15) is 0 Å². The third-order valence-corrected chi connectivity index (χ3v) is 11.9. The minimum Gasteiger partial charge on any atom is -0.309 e. The Morgan fingerprint density at radius 1 is 0.250 bits per heavy atom. The smallest absolute Gasteiger partial charge is 0.0726 e. The van der Waals surface area contributed by atoms with Gasteiger partial charge < -0.3 is 4.90 Å². The Kier molecular flexibility index (Phi) is 7.47. The van der Waals surface area contributed by atoms with Gasteiger partial charge in [-0.15, -0.1) is 0 Å². The third kappa shape index (κ3) is 4.74. The Morgan fingerprint density at radius 2 is 0.589 bits per heavy atom. The molecule has 0 bridgehead atoms. The molecule has 0 fully saturated rings. The molecule has 0 amide bonds. The zero-order chi connectivity index (χ0) is 37.1. The standard InChI is InChI=1S/C55H37N/c1-3-19-38(20-4-1)41-23-12-17-33-53(41)56(54-34-18-13-24-42(54)39-21-5-2-6-22-39)40-35-36-48-47-29-11-16-32-51(47)55(52(48)37-40)49-30-14-9-27-45(49)43-25-7-8-26-44(43)46-28-10-15-31-50(46)55/h1-37H. The Hall–Kier alpha value is -7.22. The van der Waals surface area contributed by atoms with Crippen LogP contribution in [0.2, 0.25) is 0 Å². The zero-order valence-corrected chi connectivity index (χ0v) is 30.8. The van der Waals surface area contributed by atoms with Gasteiger partial charge in [-0.2, -0.15) is 0 Å². The summed E-state index contributed by atoms with van der Waals surface area (Å²) in [6, 6.07) is 82.7. The van der Waals surface area contributed by atoms with Crippen LogP contribution in [-0.2, 0) is 5.41 Å². The molecule has 0 unspecified atom stereocenters. The predicted octanol–water partition coefficient (Wildman–Crippen LogP) is 14.5. The number of nitrogens with zero attached hydrogens (tertiary/aromatic N) is 1. The topological polar surface area (TPSA) is 3.24 Å². The molecule has 0 saturated heterocycles. The minimum absolute atomic E-state index is 0.572. The van der Waals surface area contributed by atoms with Gasteiger partial charge in [0.2, 0.25) is 0 Å². The molecule has 1 heteroatoms. The normalized spacial score (nSPS) is 12.8. The van der Waals surface area contributed by atoms with Crippen molar-refractivity contribution in [2.24, 2.45) is 0 Å². The molecule has 262 valence electrons. The summed E-state index contributed by atoms with van der Waals surface area (Å²) in [6.07, 6.45) is 0. The van der Waals surface area contributed by atoms with Crippen LogP contribution in [0.15, 0.2) is 224 Å². The first-order chi connectivity index (χ1) is 27.8. The van der Waals surface area contributed by atoms with E-state index in [1.165, 1.54) is 77.9 Å². The number of benzene rings is 9. The van der Waals surface area contributed by atoms with Crippen molar-refractivity contribution in [3.63, 3.8) is 0 Å². The largest absolute Gasteiger partial charge is 0.309 e. The van der Waals surface area contributed by atoms with Crippen LogP contribution in [0.5, 0.6) is 0 Å². The summed E-state index contributed by atoms with van der Waals surface area (Å²) in [6.45, 7) is 0. The first kappa shape index (κ1) is 32.2. The molecule has 56 heavy (non-hydrogen) atoms. The van der Waals surface area contributed by atoms with Gasteiger partial charge in [0.25, 0.3) is 0 Å². The number of rotatable bonds is 5. The summed E-state index contributed by atoms with van der Waals surface area (Å²) in [5.41, 5.74) is 20.4. The summed E-state index contributed by atoms with van der Waals surface area (Å²) in [7, 11) is 0. The zero-order valence-electron chi connectivity index (χ0n) is 30.8. The Bertz CT molecular complexity index is 2770. The van der Waals surface area contributed by atoms with Crippen LogP contribution in [0.4, 0.5) is 17.1 Å². The van der Waals surface area contributed by atoms with Crippen LogP contribution < -0.4 is 4.90 Å². The molecule has 9 aromatic carbocycles. The second-order valence-electron chi connectivity index (χ2n) is 14.8. The van der Waals surface area contributed by atoms with Crippen LogP contribution in [0.3, 0.4) is 0 Å². The quantitative estimate of drug-likeness (QED) is 0.172. The second-order valence-corrected chi connectivity index (χ2v) is 14.8. The van der Waals surface area contributed by atoms with Crippen LogP contribution in [-0.4, -0.2) is 0 Å². The van der Waals surface area contributed by atoms with E-state index in [-0.39, 0.29) is 0 Å². The minimum atomic E-state index is -0.572. The molecule has 0 aromatic heterocycles. The van der Waals surface area contributed by atoms with Gasteiger partial charge in [0.05, 0.1) is 16.8 Å². The Morgan fingerprint density at radius 3 is 1.05 bits per heavy atom. The number of para-hydroxylation sites is 2. The fourth-order valence-corrected chi connectivity index (χ4v) is 9.64. The van der Waals surface area contributed by atoms with Gasteiger partial charge in [0, 0.05) is 16.8 Å². The average molecular weight is 712 g/mol. The van der Waals surface area contributed by atoms with Crippen LogP contribution >= 0.6 is 0 Å². The van der Waals surface area contributed by atoms with Gasteiger partial charge >= 0.3 is 0 Å². The SMILES string of the molecule is c1ccc(-c2ccccc2N(c2ccc3c(c2)C2(c4ccccc4-c4ccccc4-c4ccccc42)c2ccccc2-3)c2ccccc2-c2ccccc2)cc1. The molecule has 0 atom stereocenters. The van der Waals surface area contributed by atoms with Crippen molar-refractivity contribution in [3.05, 3.63) is 247 Å². The molecular weight excluding hydrogens is 675 g/mol. The highest BCUT2D eigenvalue weighted by molar-refractivity contribution is 5.99. The maximum Gasteiger partial charge on any atom is 0.0726 e. The summed E-state index contributed by atoms with van der Waals surface area (Å²) >= 11 is 0. The van der Waals surface area contributed by atoms with Gasteiger partial charge in [-0.3, -0.25) is 0 Å². The van der Waals surface area contributed by atoms with E-state index in [2.05, 4.69) is 229 Å². The van der Waals surface area contributed by atoms with E-state index in [0.717, 1.165) is 17.1 Å². The van der Waals surface area contributed by atoms with E-state index in [0.29, 0.717) is 0 Å². The van der Waals surface area contributed by atoms with Gasteiger partial charge in [-0.25, -0.2) is 0 Å². The number of hydrogen-bond donors (Lipinski definition) is 0. The van der Waals surface area contributed by atoms with Crippen LogP contribution in [0.25, 0.3) is 55.6 Å². The molecule has 0 saturated carbocycles. The highest BCUT2D eigenvalue weighted by Gasteiger charge is 2.49. The highest BCUT2D eigenvalue weighted by atomic mass is 15.1. The fourth-order valence-electron chi connectivity index (χ4n) is 9.64. The van der Waals surface area contributed by atoms with Crippen molar-refractivity contribution in [2.75, 3.05) is 4.90 Å². The maximum atomic E-state index is 2.50. The molecule has 0 aliphatic heterocycles. The highest BCUT2D eigenvalue weighted by Crippen LogP contribution is 2.62. The van der Waals surface area contributed by atoms with Gasteiger partial charge in [-0.1, -0.05) is 200 Å². The Balaban J connectivity index is 1.25. The lowest BCUT2D eigenvalue weighted by Gasteiger charge is -2.36. The van der Waals surface area contributed by atoms with E-state index in [4.69, 9.17) is 0 Å². The lowest BCUT2D eigenvalue weighted by molar-refractivity contribution is 0.775. The molecule has 11 rings (SSSR count). The lowest BCUT2D eigenvalue weighted by atomic mass is 9.66. The molecule has 2 aliphatic carbocycles. The fraction of sp³-hybridized carbons (Fsp3) is 0.0182. The molecular formula is C55H37N. The summed E-state index contributed by atoms with van der Waals surface area (Å²) < 4.78 is 0. The molecule has 1 nitrogen and oxygen atoms in total. The molecule has 1 spiro atoms. The monoisotopic (exact) mass is 711 g/mol. The Labute approximate surface area is 328 Å². The van der Waals surface area contributed by atoms with E-state index < -0.39 is 5.41 Å². The second kappa shape index (κ2) is 13.0. The molecule has 0 radical (unpaired) electrons. The molecule has 2 aliphatic rings. The summed E-state index contributed by atoms with van der Waals surface area (Å²) in [5.74, 6) is 0. The van der Waals surface area contributed by atoms with Crippen LogP contribution in [0, 0.1) is 0 Å². The first-order valence-corrected chi connectivity index (χ1v) is 19.4. The van der Waals surface area contributed by atoms with Crippen molar-refractivity contribution in [2.45, 2.75) is 5.41 Å². The van der Waals surface area contributed by atoms with Crippen LogP contribution in [0.1, 0.15) is 22.3 Å². The van der Waals surface area contributed by atoms with Crippen molar-refractivity contribution in [3.8, 4) is 55.6 Å². The van der Waals surface area contributed by atoms with Crippen molar-refractivity contribution < 1.29 is 0 Å². The summed E-state index contributed by atoms with van der Waals surface area (Å²) in [5, 5.41) is 0. The van der Waals surface area contributed by atoms with Crippen molar-refractivity contribution in [1.82, 2.24) is 0 Å². The molecule has 0 N–H and O–H groups in total. The third-order valence-electron chi connectivity index (χ3n) is 11.9. The number of fused-ring (bicyclic) bond motifs is 12.